The number of aromatic amines is 1. The van der Waals surface area contributed by atoms with Gasteiger partial charge in [-0.1, -0.05) is 0 Å². The van der Waals surface area contributed by atoms with Gasteiger partial charge < -0.3 is 15.0 Å². The molecule has 0 spiro atoms. The van der Waals surface area contributed by atoms with Gasteiger partial charge in [0.25, 0.3) is 0 Å². The number of nitrogens with one attached hydrogen (secondary N) is 2. The van der Waals surface area contributed by atoms with Gasteiger partial charge in [0.2, 0.25) is 5.91 Å². The van der Waals surface area contributed by atoms with Gasteiger partial charge in [0.15, 0.2) is 0 Å². The first-order valence-electron chi connectivity index (χ1n) is 7.60. The van der Waals surface area contributed by atoms with Gasteiger partial charge in [-0.2, -0.15) is 5.10 Å². The van der Waals surface area contributed by atoms with E-state index in [0.29, 0.717) is 6.54 Å². The van der Waals surface area contributed by atoms with Crippen LogP contribution in [0.1, 0.15) is 18.5 Å². The second kappa shape index (κ2) is 6.56. The van der Waals surface area contributed by atoms with Crippen molar-refractivity contribution in [2.45, 2.75) is 19.4 Å². The number of nitrogens with zero attached hydrogens (tertiary/aromatic N) is 2. The Bertz CT molecular complexity index is 792. The molecule has 0 saturated heterocycles. The van der Waals surface area contributed by atoms with Crippen molar-refractivity contribution in [3.63, 3.8) is 0 Å². The molecule has 0 aliphatic carbocycles. The number of hydrogen-bond acceptors (Lipinski definition) is 3. The van der Waals surface area contributed by atoms with E-state index in [1.807, 2.05) is 37.4 Å². The quantitative estimate of drug-likeness (QED) is 0.733. The molecule has 1 unspecified atom stereocenters. The van der Waals surface area contributed by atoms with E-state index in [1.165, 1.54) is 0 Å². The Morgan fingerprint density at radius 1 is 1.48 bits per heavy atom. The lowest BCUT2D eigenvalue weighted by molar-refractivity contribution is -0.124. The molecule has 2 heterocycles. The number of carbonyl (C=O) groups is 1. The Hall–Kier alpha value is -2.76. The molecular weight excluding hydrogens is 292 g/mol. The SMILES string of the molecule is COc1ccc2[nH]cc(CCNC(=O)C(C)n3cccn3)c2c1. The van der Waals surface area contributed by atoms with Gasteiger partial charge in [0.1, 0.15) is 11.8 Å². The number of H-pyrrole nitrogens is 1. The van der Waals surface area contributed by atoms with Crippen molar-refractivity contribution in [1.82, 2.24) is 20.1 Å². The van der Waals surface area contributed by atoms with Gasteiger partial charge in [-0.15, -0.1) is 0 Å². The highest BCUT2D eigenvalue weighted by Gasteiger charge is 2.14. The van der Waals surface area contributed by atoms with Crippen LogP contribution in [0.4, 0.5) is 0 Å². The Balaban J connectivity index is 1.61. The fraction of sp³-hybridized carbons (Fsp3) is 0.294. The predicted octanol–water partition coefficient (Wildman–Crippen LogP) is 2.29. The van der Waals surface area contributed by atoms with Crippen LogP contribution in [0.2, 0.25) is 0 Å². The second-order valence-electron chi connectivity index (χ2n) is 5.43. The van der Waals surface area contributed by atoms with E-state index >= 15 is 0 Å². The Morgan fingerprint density at radius 2 is 2.35 bits per heavy atom. The van der Waals surface area contributed by atoms with Crippen molar-refractivity contribution >= 4 is 16.8 Å². The third-order valence-corrected chi connectivity index (χ3v) is 3.97. The summed E-state index contributed by atoms with van der Waals surface area (Å²) in [5.41, 5.74) is 2.22. The van der Waals surface area contributed by atoms with Crippen LogP contribution >= 0.6 is 0 Å². The fourth-order valence-corrected chi connectivity index (χ4v) is 2.59. The van der Waals surface area contributed by atoms with Crippen molar-refractivity contribution in [1.29, 1.82) is 0 Å². The molecule has 0 radical (unpaired) electrons. The zero-order chi connectivity index (χ0) is 16.2. The molecule has 23 heavy (non-hydrogen) atoms. The summed E-state index contributed by atoms with van der Waals surface area (Å²) in [5.74, 6) is 0.792. The highest BCUT2D eigenvalue weighted by Crippen LogP contribution is 2.23. The summed E-state index contributed by atoms with van der Waals surface area (Å²) in [4.78, 5) is 15.4. The first-order chi connectivity index (χ1) is 11.2. The summed E-state index contributed by atoms with van der Waals surface area (Å²) in [7, 11) is 1.66. The van der Waals surface area contributed by atoms with Crippen LogP contribution in [-0.4, -0.2) is 34.3 Å². The number of ether oxygens (including phenoxy) is 1. The van der Waals surface area contributed by atoms with Crippen molar-refractivity contribution < 1.29 is 9.53 Å². The summed E-state index contributed by atoms with van der Waals surface area (Å²) >= 11 is 0. The molecule has 6 heteroatoms. The molecule has 0 bridgehead atoms. The number of fused-ring (bicyclic) bond motifs is 1. The number of benzene rings is 1. The van der Waals surface area contributed by atoms with E-state index in [-0.39, 0.29) is 11.9 Å². The molecule has 1 atom stereocenters. The number of amides is 1. The van der Waals surface area contributed by atoms with Crippen LogP contribution in [0.3, 0.4) is 0 Å². The molecule has 2 aromatic heterocycles. The van der Waals surface area contributed by atoms with Crippen LogP contribution < -0.4 is 10.1 Å². The first kappa shape index (κ1) is 15.1. The average molecular weight is 312 g/mol. The molecule has 3 rings (SSSR count). The number of hydrogen-bond donors (Lipinski definition) is 2. The normalized spacial score (nSPS) is 12.3. The van der Waals surface area contributed by atoms with Crippen LogP contribution in [0, 0.1) is 0 Å². The maximum Gasteiger partial charge on any atom is 0.244 e. The van der Waals surface area contributed by atoms with Crippen LogP contribution in [0.5, 0.6) is 5.75 Å². The monoisotopic (exact) mass is 312 g/mol. The molecule has 0 saturated carbocycles. The maximum atomic E-state index is 12.1. The number of carbonyl (C=O) groups excluding carboxylic acids is 1. The van der Waals surface area contributed by atoms with Gasteiger partial charge in [-0.25, -0.2) is 0 Å². The highest BCUT2D eigenvalue weighted by atomic mass is 16.5. The van der Waals surface area contributed by atoms with Crippen LogP contribution in [0.15, 0.2) is 42.9 Å². The standard InChI is InChI=1S/C17H20N4O2/c1-12(21-9-3-7-20-21)17(22)18-8-6-13-11-19-16-5-4-14(23-2)10-15(13)16/h3-5,7,9-12,19H,6,8H2,1-2H3,(H,18,22). The van der Waals surface area contributed by atoms with E-state index in [0.717, 1.165) is 28.6 Å². The summed E-state index contributed by atoms with van der Waals surface area (Å²) < 4.78 is 6.91. The lowest BCUT2D eigenvalue weighted by Gasteiger charge is -2.12. The zero-order valence-corrected chi connectivity index (χ0v) is 13.2. The molecule has 0 aliphatic heterocycles. The summed E-state index contributed by atoms with van der Waals surface area (Å²) in [6.07, 6.45) is 6.19. The lowest BCUT2D eigenvalue weighted by atomic mass is 10.1. The largest absolute Gasteiger partial charge is 0.497 e. The van der Waals surface area contributed by atoms with Gasteiger partial charge in [0, 0.05) is 36.0 Å². The maximum absolute atomic E-state index is 12.1. The summed E-state index contributed by atoms with van der Waals surface area (Å²) in [5, 5.41) is 8.17. The molecule has 1 amide bonds. The molecule has 6 nitrogen and oxygen atoms in total. The molecular formula is C17H20N4O2. The molecule has 3 aromatic rings. The third-order valence-electron chi connectivity index (χ3n) is 3.97. The van der Waals surface area contributed by atoms with Gasteiger partial charge in [0.05, 0.1) is 7.11 Å². The van der Waals surface area contributed by atoms with Gasteiger partial charge >= 0.3 is 0 Å². The summed E-state index contributed by atoms with van der Waals surface area (Å²) in [6.45, 7) is 2.41. The Kier molecular flexibility index (Phi) is 4.32. The van der Waals surface area contributed by atoms with Crippen LogP contribution in [0.25, 0.3) is 10.9 Å². The van der Waals surface area contributed by atoms with Crippen molar-refractivity contribution in [2.24, 2.45) is 0 Å². The van der Waals surface area contributed by atoms with Crippen molar-refractivity contribution in [3.8, 4) is 5.75 Å². The van der Waals surface area contributed by atoms with Crippen molar-refractivity contribution in [2.75, 3.05) is 13.7 Å². The first-order valence-corrected chi connectivity index (χ1v) is 7.60. The predicted molar refractivity (Wildman–Crippen MR) is 88.5 cm³/mol. The fourth-order valence-electron chi connectivity index (χ4n) is 2.59. The van der Waals surface area contributed by atoms with E-state index in [1.54, 1.807) is 24.2 Å². The average Bonchev–Trinajstić information content (AvgIpc) is 3.23. The highest BCUT2D eigenvalue weighted by molar-refractivity contribution is 5.85. The Labute approximate surface area is 134 Å². The van der Waals surface area contributed by atoms with Gasteiger partial charge in [-0.05, 0) is 43.2 Å². The van der Waals surface area contributed by atoms with E-state index < -0.39 is 0 Å². The minimum Gasteiger partial charge on any atom is -0.497 e. The summed E-state index contributed by atoms with van der Waals surface area (Å²) in [6, 6.07) is 7.43. The molecule has 0 aliphatic rings. The van der Waals surface area contributed by atoms with E-state index in [2.05, 4.69) is 15.4 Å². The molecule has 1 aromatic carbocycles. The lowest BCUT2D eigenvalue weighted by Crippen LogP contribution is -2.32. The van der Waals surface area contributed by atoms with Crippen LogP contribution in [-0.2, 0) is 11.2 Å². The zero-order valence-electron chi connectivity index (χ0n) is 13.2. The Morgan fingerprint density at radius 3 is 3.09 bits per heavy atom. The number of methoxy groups -OCH3 is 1. The van der Waals surface area contributed by atoms with E-state index in [9.17, 15) is 4.79 Å². The number of aromatic nitrogens is 3. The topological polar surface area (TPSA) is 71.9 Å². The second-order valence-corrected chi connectivity index (χ2v) is 5.43. The molecule has 0 fully saturated rings. The minimum atomic E-state index is -0.312. The van der Waals surface area contributed by atoms with Gasteiger partial charge in [-0.3, -0.25) is 9.48 Å². The van der Waals surface area contributed by atoms with Crippen molar-refractivity contribution in [3.05, 3.63) is 48.4 Å². The third kappa shape index (κ3) is 3.21. The van der Waals surface area contributed by atoms with E-state index in [4.69, 9.17) is 4.74 Å². The molecule has 120 valence electrons. The molecule has 2 N–H and O–H groups in total. The smallest absolute Gasteiger partial charge is 0.244 e. The minimum absolute atomic E-state index is 0.0360. The number of rotatable bonds is 6.